The number of hydrogen-bond acceptors (Lipinski definition) is 4. The first kappa shape index (κ1) is 20.5. The summed E-state index contributed by atoms with van der Waals surface area (Å²) in [5, 5.41) is 3.68. The Balaban J connectivity index is 1.71. The second-order valence-corrected chi connectivity index (χ2v) is 7.21. The summed E-state index contributed by atoms with van der Waals surface area (Å²) >= 11 is 7.64. The van der Waals surface area contributed by atoms with E-state index < -0.39 is 6.10 Å². The summed E-state index contributed by atoms with van der Waals surface area (Å²) in [5.74, 6) is 2.97. The molecule has 0 saturated carbocycles. The Morgan fingerprint density at radius 2 is 1.92 bits per heavy atom. The Bertz CT molecular complexity index is 694. The monoisotopic (exact) mass is 393 g/mol. The highest BCUT2D eigenvalue weighted by Crippen LogP contribution is 2.20. The van der Waals surface area contributed by atoms with E-state index in [0.717, 1.165) is 16.5 Å². The molecular formula is C20H24ClNO3S. The lowest BCUT2D eigenvalue weighted by atomic mass is 10.2. The van der Waals surface area contributed by atoms with E-state index in [4.69, 9.17) is 21.1 Å². The summed E-state index contributed by atoms with van der Waals surface area (Å²) in [4.78, 5) is 12.3. The third kappa shape index (κ3) is 6.81. The van der Waals surface area contributed by atoms with Crippen LogP contribution in [-0.4, -0.2) is 31.4 Å². The Kier molecular flexibility index (Phi) is 8.65. The molecule has 1 N–H and O–H groups in total. The molecule has 2 aromatic rings. The number of ether oxygens (including phenoxy) is 2. The summed E-state index contributed by atoms with van der Waals surface area (Å²) < 4.78 is 11.0. The molecule has 0 fully saturated rings. The van der Waals surface area contributed by atoms with Crippen molar-refractivity contribution >= 4 is 29.3 Å². The zero-order valence-electron chi connectivity index (χ0n) is 15.0. The molecule has 0 saturated heterocycles. The standard InChI is InChI=1S/C20H24ClNO3S/c1-3-19(25-18-6-4-5-17(13-18)24-2)20(23)22-11-12-26-14-15-7-9-16(21)10-8-15/h4-10,13,19H,3,11-12,14H2,1-2H3,(H,22,23)/t19-/m0/s1. The predicted octanol–water partition coefficient (Wildman–Crippen LogP) is 4.56. The van der Waals surface area contributed by atoms with Crippen molar-refractivity contribution in [1.82, 2.24) is 5.32 Å². The maximum absolute atomic E-state index is 12.3. The molecule has 0 spiro atoms. The number of nitrogens with one attached hydrogen (secondary N) is 1. The molecule has 0 bridgehead atoms. The number of carbonyl (C=O) groups is 1. The fourth-order valence-electron chi connectivity index (χ4n) is 2.29. The Hall–Kier alpha value is -1.85. The first-order valence-corrected chi connectivity index (χ1v) is 10.1. The molecule has 1 amide bonds. The Labute approximate surface area is 164 Å². The SMILES string of the molecule is CC[C@H](Oc1cccc(OC)c1)C(=O)NCCSCc1ccc(Cl)cc1. The van der Waals surface area contributed by atoms with Gasteiger partial charge >= 0.3 is 0 Å². The minimum atomic E-state index is -0.511. The van der Waals surface area contributed by atoms with Gasteiger partial charge in [0.25, 0.3) is 5.91 Å². The molecular weight excluding hydrogens is 370 g/mol. The minimum absolute atomic E-state index is 0.0950. The van der Waals surface area contributed by atoms with E-state index in [1.54, 1.807) is 24.9 Å². The van der Waals surface area contributed by atoms with Gasteiger partial charge in [-0.2, -0.15) is 11.8 Å². The highest BCUT2D eigenvalue weighted by Gasteiger charge is 2.18. The fourth-order valence-corrected chi connectivity index (χ4v) is 3.24. The fraction of sp³-hybridized carbons (Fsp3) is 0.350. The molecule has 0 aromatic heterocycles. The lowest BCUT2D eigenvalue weighted by Crippen LogP contribution is -2.39. The molecule has 4 nitrogen and oxygen atoms in total. The van der Waals surface area contributed by atoms with Crippen LogP contribution in [0, 0.1) is 0 Å². The van der Waals surface area contributed by atoms with Crippen molar-refractivity contribution in [2.24, 2.45) is 0 Å². The average Bonchev–Trinajstić information content (AvgIpc) is 2.67. The van der Waals surface area contributed by atoms with Crippen LogP contribution in [-0.2, 0) is 10.5 Å². The number of benzene rings is 2. The van der Waals surface area contributed by atoms with Gasteiger partial charge in [-0.15, -0.1) is 0 Å². The topological polar surface area (TPSA) is 47.6 Å². The lowest BCUT2D eigenvalue weighted by Gasteiger charge is -2.17. The molecule has 2 rings (SSSR count). The number of hydrogen-bond donors (Lipinski definition) is 1. The van der Waals surface area contributed by atoms with Gasteiger partial charge in [0.05, 0.1) is 7.11 Å². The third-order valence-corrected chi connectivity index (χ3v) is 4.99. The van der Waals surface area contributed by atoms with Crippen molar-refractivity contribution < 1.29 is 14.3 Å². The maximum Gasteiger partial charge on any atom is 0.261 e. The second kappa shape index (κ2) is 11.0. The molecule has 2 aromatic carbocycles. The molecule has 140 valence electrons. The van der Waals surface area contributed by atoms with Crippen molar-refractivity contribution in [3.63, 3.8) is 0 Å². The molecule has 0 aliphatic carbocycles. The van der Waals surface area contributed by atoms with Gasteiger partial charge < -0.3 is 14.8 Å². The first-order chi connectivity index (χ1) is 12.6. The van der Waals surface area contributed by atoms with Gasteiger partial charge in [-0.1, -0.05) is 36.7 Å². The van der Waals surface area contributed by atoms with Crippen molar-refractivity contribution in [3.8, 4) is 11.5 Å². The zero-order chi connectivity index (χ0) is 18.8. The van der Waals surface area contributed by atoms with Gasteiger partial charge in [0, 0.05) is 29.1 Å². The summed E-state index contributed by atoms with van der Waals surface area (Å²) in [6.45, 7) is 2.54. The number of methoxy groups -OCH3 is 1. The van der Waals surface area contributed by atoms with E-state index in [0.29, 0.717) is 24.5 Å². The number of halogens is 1. The van der Waals surface area contributed by atoms with Crippen LogP contribution < -0.4 is 14.8 Å². The zero-order valence-corrected chi connectivity index (χ0v) is 16.6. The van der Waals surface area contributed by atoms with Gasteiger partial charge in [-0.05, 0) is 36.2 Å². The quantitative estimate of drug-likeness (QED) is 0.601. The van der Waals surface area contributed by atoms with Gasteiger partial charge in [-0.25, -0.2) is 0 Å². The molecule has 0 heterocycles. The van der Waals surface area contributed by atoms with E-state index in [-0.39, 0.29) is 5.91 Å². The van der Waals surface area contributed by atoms with E-state index in [1.165, 1.54) is 5.56 Å². The van der Waals surface area contributed by atoms with E-state index in [2.05, 4.69) is 5.32 Å². The summed E-state index contributed by atoms with van der Waals surface area (Å²) in [7, 11) is 1.60. The van der Waals surface area contributed by atoms with Crippen LogP contribution in [0.3, 0.4) is 0 Å². The van der Waals surface area contributed by atoms with Crippen LogP contribution in [0.5, 0.6) is 11.5 Å². The molecule has 26 heavy (non-hydrogen) atoms. The molecule has 0 unspecified atom stereocenters. The predicted molar refractivity (Wildman–Crippen MR) is 108 cm³/mol. The molecule has 0 aliphatic rings. The number of thioether (sulfide) groups is 1. The summed E-state index contributed by atoms with van der Waals surface area (Å²) in [5.41, 5.74) is 1.22. The van der Waals surface area contributed by atoms with Crippen LogP contribution in [0.25, 0.3) is 0 Å². The number of carbonyl (C=O) groups excluding carboxylic acids is 1. The van der Waals surface area contributed by atoms with Crippen LogP contribution in [0.4, 0.5) is 0 Å². The smallest absolute Gasteiger partial charge is 0.261 e. The maximum atomic E-state index is 12.3. The highest BCUT2D eigenvalue weighted by molar-refractivity contribution is 7.98. The lowest BCUT2D eigenvalue weighted by molar-refractivity contribution is -0.127. The van der Waals surface area contributed by atoms with Gasteiger partial charge in [0.1, 0.15) is 11.5 Å². The number of rotatable bonds is 10. The third-order valence-electron chi connectivity index (χ3n) is 3.71. The van der Waals surface area contributed by atoms with Crippen LogP contribution in [0.15, 0.2) is 48.5 Å². The molecule has 1 atom stereocenters. The average molecular weight is 394 g/mol. The number of amides is 1. The van der Waals surface area contributed by atoms with Crippen molar-refractivity contribution in [2.75, 3.05) is 19.4 Å². The van der Waals surface area contributed by atoms with Crippen LogP contribution in [0.1, 0.15) is 18.9 Å². The van der Waals surface area contributed by atoms with E-state index in [9.17, 15) is 4.79 Å². The largest absolute Gasteiger partial charge is 0.497 e. The molecule has 0 aliphatic heterocycles. The molecule has 6 heteroatoms. The van der Waals surface area contributed by atoms with Gasteiger partial charge in [-0.3, -0.25) is 4.79 Å². The van der Waals surface area contributed by atoms with Crippen LogP contribution >= 0.6 is 23.4 Å². The van der Waals surface area contributed by atoms with E-state index in [1.807, 2.05) is 49.4 Å². The van der Waals surface area contributed by atoms with Gasteiger partial charge in [0.15, 0.2) is 6.10 Å². The Morgan fingerprint density at radius 1 is 1.19 bits per heavy atom. The highest BCUT2D eigenvalue weighted by atomic mass is 35.5. The van der Waals surface area contributed by atoms with Crippen molar-refractivity contribution in [3.05, 3.63) is 59.1 Å². The summed E-state index contributed by atoms with van der Waals surface area (Å²) in [6.07, 6.45) is 0.0874. The van der Waals surface area contributed by atoms with Crippen molar-refractivity contribution in [2.45, 2.75) is 25.2 Å². The Morgan fingerprint density at radius 3 is 2.62 bits per heavy atom. The minimum Gasteiger partial charge on any atom is -0.497 e. The van der Waals surface area contributed by atoms with Gasteiger partial charge in [0.2, 0.25) is 0 Å². The van der Waals surface area contributed by atoms with E-state index >= 15 is 0 Å². The van der Waals surface area contributed by atoms with Crippen LogP contribution in [0.2, 0.25) is 5.02 Å². The normalized spacial score (nSPS) is 11.7. The van der Waals surface area contributed by atoms with Crippen molar-refractivity contribution in [1.29, 1.82) is 0 Å². The summed E-state index contributed by atoms with van der Waals surface area (Å²) in [6, 6.07) is 15.1. The second-order valence-electron chi connectivity index (χ2n) is 5.66. The molecule has 0 radical (unpaired) electrons. The first-order valence-electron chi connectivity index (χ1n) is 8.53.